The molecule has 84 valence electrons. The summed E-state index contributed by atoms with van der Waals surface area (Å²) in [5, 5.41) is 9.39. The maximum atomic E-state index is 4.35. The fourth-order valence-corrected chi connectivity index (χ4v) is 2.43. The van der Waals surface area contributed by atoms with Crippen LogP contribution in [0.4, 0.5) is 0 Å². The van der Waals surface area contributed by atoms with Gasteiger partial charge in [0.05, 0.1) is 5.33 Å². The molecular weight excluding hydrogens is 254 g/mol. The van der Waals surface area contributed by atoms with Crippen LogP contribution in [0.1, 0.15) is 51.7 Å². The van der Waals surface area contributed by atoms with Crippen LogP contribution in [-0.4, -0.2) is 14.8 Å². The fourth-order valence-electron chi connectivity index (χ4n) is 2.07. The Morgan fingerprint density at radius 3 is 2.40 bits per heavy atom. The summed E-state index contributed by atoms with van der Waals surface area (Å²) >= 11 is 3.48. The lowest BCUT2D eigenvalue weighted by molar-refractivity contribution is 0.372. The van der Waals surface area contributed by atoms with E-state index in [1.807, 2.05) is 0 Å². The van der Waals surface area contributed by atoms with Gasteiger partial charge in [0.2, 0.25) is 0 Å². The topological polar surface area (TPSA) is 30.7 Å². The Morgan fingerprint density at radius 2 is 2.00 bits per heavy atom. The van der Waals surface area contributed by atoms with Gasteiger partial charge in [0, 0.05) is 11.5 Å². The lowest BCUT2D eigenvalue weighted by Crippen LogP contribution is -2.26. The molecule has 0 aliphatic heterocycles. The lowest BCUT2D eigenvalue weighted by Gasteiger charge is -2.24. The van der Waals surface area contributed by atoms with Crippen molar-refractivity contribution in [3.8, 4) is 0 Å². The molecule has 1 fully saturated rings. The average Bonchev–Trinajstić information content (AvgIpc) is 2.70. The van der Waals surface area contributed by atoms with E-state index >= 15 is 0 Å². The van der Waals surface area contributed by atoms with Crippen molar-refractivity contribution in [3.05, 3.63) is 11.6 Å². The number of aromatic nitrogens is 3. The molecule has 0 saturated heterocycles. The Hall–Kier alpha value is -0.380. The zero-order valence-corrected chi connectivity index (χ0v) is 11.4. The van der Waals surface area contributed by atoms with E-state index in [4.69, 9.17) is 0 Å². The summed E-state index contributed by atoms with van der Waals surface area (Å²) in [5.41, 5.74) is 0.0737. The van der Waals surface area contributed by atoms with Crippen molar-refractivity contribution in [2.24, 2.45) is 5.92 Å². The van der Waals surface area contributed by atoms with Crippen LogP contribution in [0.15, 0.2) is 0 Å². The van der Waals surface area contributed by atoms with E-state index in [0.717, 1.165) is 17.1 Å². The number of halogens is 1. The highest BCUT2D eigenvalue weighted by molar-refractivity contribution is 9.08. The molecule has 3 nitrogen and oxygen atoms in total. The largest absolute Gasteiger partial charge is 0.309 e. The van der Waals surface area contributed by atoms with Crippen molar-refractivity contribution in [1.82, 2.24) is 14.8 Å². The second-order valence-electron chi connectivity index (χ2n) is 5.43. The van der Waals surface area contributed by atoms with Gasteiger partial charge in [0.15, 0.2) is 0 Å². The van der Waals surface area contributed by atoms with Crippen LogP contribution in [0.3, 0.4) is 0 Å². The van der Waals surface area contributed by atoms with Crippen LogP contribution >= 0.6 is 15.9 Å². The minimum atomic E-state index is 0.0737. The van der Waals surface area contributed by atoms with Crippen LogP contribution in [0.5, 0.6) is 0 Å². The van der Waals surface area contributed by atoms with Gasteiger partial charge in [-0.3, -0.25) is 0 Å². The first kappa shape index (κ1) is 11.1. The molecule has 0 spiro atoms. The van der Waals surface area contributed by atoms with Crippen molar-refractivity contribution in [2.75, 3.05) is 0 Å². The Labute approximate surface area is 99.4 Å². The van der Waals surface area contributed by atoms with Gasteiger partial charge in [-0.2, -0.15) is 0 Å². The number of hydrogen-bond acceptors (Lipinski definition) is 2. The molecule has 0 aromatic carbocycles. The standard InChI is InChI=1S/C11H18BrN3/c1-7-5-8(7)10-14-13-9(6-12)15(10)11(2,3)4/h7-8H,5-6H2,1-4H3. The van der Waals surface area contributed by atoms with E-state index in [1.165, 1.54) is 12.2 Å². The van der Waals surface area contributed by atoms with Crippen LogP contribution in [-0.2, 0) is 10.9 Å². The smallest absolute Gasteiger partial charge is 0.144 e. The van der Waals surface area contributed by atoms with Gasteiger partial charge in [-0.15, -0.1) is 10.2 Å². The minimum Gasteiger partial charge on any atom is -0.309 e. The average molecular weight is 272 g/mol. The lowest BCUT2D eigenvalue weighted by atomic mass is 10.1. The summed E-state index contributed by atoms with van der Waals surface area (Å²) in [6.07, 6.45) is 1.26. The summed E-state index contributed by atoms with van der Waals surface area (Å²) < 4.78 is 2.29. The Bertz CT molecular complexity index is 364. The first-order chi connectivity index (χ1) is 6.95. The van der Waals surface area contributed by atoms with Crippen molar-refractivity contribution in [1.29, 1.82) is 0 Å². The van der Waals surface area contributed by atoms with Gasteiger partial charge in [-0.1, -0.05) is 22.9 Å². The minimum absolute atomic E-state index is 0.0737. The summed E-state index contributed by atoms with van der Waals surface area (Å²) in [4.78, 5) is 0. The van der Waals surface area contributed by atoms with Crippen molar-refractivity contribution >= 4 is 15.9 Å². The monoisotopic (exact) mass is 271 g/mol. The van der Waals surface area contributed by atoms with E-state index < -0.39 is 0 Å². The molecule has 4 heteroatoms. The third-order valence-electron chi connectivity index (χ3n) is 2.99. The molecule has 0 bridgehead atoms. The first-order valence-corrected chi connectivity index (χ1v) is 6.58. The summed E-state index contributed by atoms with van der Waals surface area (Å²) in [5.74, 6) is 3.61. The Kier molecular flexibility index (Phi) is 2.65. The molecule has 1 heterocycles. The van der Waals surface area contributed by atoms with Crippen LogP contribution in [0.25, 0.3) is 0 Å². The van der Waals surface area contributed by atoms with Gasteiger partial charge in [0.25, 0.3) is 0 Å². The summed E-state index contributed by atoms with van der Waals surface area (Å²) in [7, 11) is 0. The van der Waals surface area contributed by atoms with Gasteiger partial charge >= 0.3 is 0 Å². The van der Waals surface area contributed by atoms with Gasteiger partial charge in [-0.25, -0.2) is 0 Å². The molecule has 1 aliphatic rings. The third-order valence-corrected chi connectivity index (χ3v) is 3.49. The number of hydrogen-bond donors (Lipinski definition) is 0. The van der Waals surface area contributed by atoms with Crippen LogP contribution < -0.4 is 0 Å². The van der Waals surface area contributed by atoms with Gasteiger partial charge in [-0.05, 0) is 33.1 Å². The SMILES string of the molecule is CC1CC1c1nnc(CBr)n1C(C)(C)C. The molecule has 2 rings (SSSR count). The van der Waals surface area contributed by atoms with E-state index in [0.29, 0.717) is 5.92 Å². The predicted octanol–water partition coefficient (Wildman–Crippen LogP) is 3.05. The zero-order valence-electron chi connectivity index (χ0n) is 9.79. The molecule has 1 aromatic heterocycles. The molecule has 1 saturated carbocycles. The summed E-state index contributed by atoms with van der Waals surface area (Å²) in [6, 6.07) is 0. The molecule has 1 aliphatic carbocycles. The first-order valence-electron chi connectivity index (χ1n) is 5.45. The Balaban J connectivity index is 2.43. The number of alkyl halides is 1. The third kappa shape index (κ3) is 1.96. The molecule has 1 aromatic rings. The molecular formula is C11H18BrN3. The van der Waals surface area contributed by atoms with Crippen molar-refractivity contribution < 1.29 is 0 Å². The van der Waals surface area contributed by atoms with Gasteiger partial charge < -0.3 is 4.57 Å². The van der Waals surface area contributed by atoms with E-state index in [1.54, 1.807) is 0 Å². The number of nitrogens with zero attached hydrogens (tertiary/aromatic N) is 3. The second kappa shape index (κ2) is 3.58. The molecule has 0 radical (unpaired) electrons. The highest BCUT2D eigenvalue weighted by atomic mass is 79.9. The van der Waals surface area contributed by atoms with Crippen LogP contribution in [0, 0.1) is 5.92 Å². The van der Waals surface area contributed by atoms with E-state index in [2.05, 4.69) is 58.4 Å². The van der Waals surface area contributed by atoms with Crippen molar-refractivity contribution in [3.63, 3.8) is 0 Å². The van der Waals surface area contributed by atoms with Gasteiger partial charge in [0.1, 0.15) is 11.6 Å². The van der Waals surface area contributed by atoms with E-state index in [9.17, 15) is 0 Å². The molecule has 2 unspecified atom stereocenters. The maximum Gasteiger partial charge on any atom is 0.144 e. The fraction of sp³-hybridized carbons (Fsp3) is 0.818. The zero-order chi connectivity index (χ0) is 11.2. The highest BCUT2D eigenvalue weighted by Gasteiger charge is 2.40. The normalized spacial score (nSPS) is 25.7. The van der Waals surface area contributed by atoms with E-state index in [-0.39, 0.29) is 5.54 Å². The van der Waals surface area contributed by atoms with Crippen LogP contribution in [0.2, 0.25) is 0 Å². The second-order valence-corrected chi connectivity index (χ2v) is 5.99. The highest BCUT2D eigenvalue weighted by Crippen LogP contribution is 2.47. The molecule has 0 N–H and O–H groups in total. The summed E-state index contributed by atoms with van der Waals surface area (Å²) in [6.45, 7) is 8.90. The molecule has 0 amide bonds. The predicted molar refractivity (Wildman–Crippen MR) is 64.2 cm³/mol. The Morgan fingerprint density at radius 1 is 1.40 bits per heavy atom. The molecule has 15 heavy (non-hydrogen) atoms. The number of rotatable bonds is 2. The maximum absolute atomic E-state index is 4.35. The van der Waals surface area contributed by atoms with Crippen molar-refractivity contribution in [2.45, 2.75) is 50.9 Å². The molecule has 2 atom stereocenters. The quantitative estimate of drug-likeness (QED) is 0.775.